The Morgan fingerprint density at radius 2 is 1.72 bits per heavy atom. The fraction of sp³-hybridized carbons (Fsp3) is 0.519. The first-order valence-corrected chi connectivity index (χ1v) is 12.7. The molecule has 36 heavy (non-hydrogen) atoms. The van der Waals surface area contributed by atoms with Gasteiger partial charge in [0.05, 0.1) is 42.6 Å². The number of hydrogen-bond donors (Lipinski definition) is 1. The average molecular weight is 493 g/mol. The molecule has 2 fully saturated rings. The maximum atomic E-state index is 10.9. The lowest BCUT2D eigenvalue weighted by atomic mass is 9.77. The molecule has 2 aliphatic rings. The highest BCUT2D eigenvalue weighted by Crippen LogP contribution is 2.37. The van der Waals surface area contributed by atoms with E-state index < -0.39 is 24.4 Å². The van der Waals surface area contributed by atoms with Crippen LogP contribution in [0.4, 0.5) is 0 Å². The van der Waals surface area contributed by atoms with Crippen molar-refractivity contribution in [1.29, 1.82) is 0 Å². The normalized spacial score (nSPS) is 20.6. The minimum absolute atomic E-state index is 0.342. The molecule has 0 bridgehead atoms. The summed E-state index contributed by atoms with van der Waals surface area (Å²) in [7, 11) is -0.461. The molecule has 0 aliphatic carbocycles. The second-order valence-corrected chi connectivity index (χ2v) is 10.6. The second-order valence-electron chi connectivity index (χ2n) is 10.6. The van der Waals surface area contributed by atoms with Crippen LogP contribution in [0, 0.1) is 0 Å². The summed E-state index contributed by atoms with van der Waals surface area (Å²) in [6.45, 7) is 13.5. The Bertz CT molecular complexity index is 1160. The smallest absolute Gasteiger partial charge is 0.492 e. The molecular formula is C27H36BN3O5. The largest absolute Gasteiger partial charge is 0.495 e. The summed E-state index contributed by atoms with van der Waals surface area (Å²) in [6, 6.07) is 13.6. The third-order valence-electron chi connectivity index (χ3n) is 7.54. The molecule has 1 aromatic heterocycles. The number of fused-ring (bicyclic) bond motifs is 1. The van der Waals surface area contributed by atoms with Crippen molar-refractivity contribution in [3.8, 4) is 5.75 Å². The van der Waals surface area contributed by atoms with Crippen LogP contribution in [0.25, 0.3) is 10.9 Å². The molecule has 1 atom stereocenters. The number of aliphatic hydroxyl groups is 1. The van der Waals surface area contributed by atoms with Crippen LogP contribution < -0.4 is 10.2 Å². The van der Waals surface area contributed by atoms with E-state index in [1.165, 1.54) is 0 Å². The Kier molecular flexibility index (Phi) is 7.11. The number of rotatable bonds is 8. The van der Waals surface area contributed by atoms with Crippen LogP contribution in [0.5, 0.6) is 5.75 Å². The van der Waals surface area contributed by atoms with Crippen molar-refractivity contribution in [2.75, 3.05) is 39.5 Å². The minimum atomic E-state index is -0.693. The van der Waals surface area contributed by atoms with Gasteiger partial charge in [0.25, 0.3) is 0 Å². The third-order valence-corrected chi connectivity index (χ3v) is 7.54. The number of nitrogens with zero attached hydrogens (tertiary/aromatic N) is 3. The maximum Gasteiger partial charge on any atom is 0.495 e. The predicted molar refractivity (Wildman–Crippen MR) is 140 cm³/mol. The number of hydrogen-bond acceptors (Lipinski definition) is 7. The lowest BCUT2D eigenvalue weighted by Crippen LogP contribution is -2.41. The van der Waals surface area contributed by atoms with Crippen LogP contribution in [-0.4, -0.2) is 77.6 Å². The zero-order valence-electron chi connectivity index (χ0n) is 21.6. The molecule has 1 N–H and O–H groups in total. The van der Waals surface area contributed by atoms with E-state index in [1.807, 2.05) is 76.4 Å². The summed E-state index contributed by atoms with van der Waals surface area (Å²) in [6.07, 6.45) is 1.27. The van der Waals surface area contributed by atoms with Gasteiger partial charge in [-0.3, -0.25) is 9.58 Å². The number of aromatic nitrogens is 2. The Balaban J connectivity index is 1.22. The quantitative estimate of drug-likeness (QED) is 0.484. The maximum absolute atomic E-state index is 10.9. The molecule has 0 unspecified atom stereocenters. The molecule has 0 saturated carbocycles. The summed E-state index contributed by atoms with van der Waals surface area (Å²) < 4.78 is 25.6. The lowest BCUT2D eigenvalue weighted by Gasteiger charge is -2.32. The summed E-state index contributed by atoms with van der Waals surface area (Å²) in [5.41, 5.74) is 1.79. The molecular weight excluding hydrogens is 457 g/mol. The van der Waals surface area contributed by atoms with E-state index in [2.05, 4.69) is 4.90 Å². The van der Waals surface area contributed by atoms with Gasteiger partial charge in [-0.1, -0.05) is 24.3 Å². The first-order chi connectivity index (χ1) is 17.2. The molecule has 2 aromatic carbocycles. The molecule has 3 heterocycles. The van der Waals surface area contributed by atoms with E-state index in [0.29, 0.717) is 13.2 Å². The highest BCUT2D eigenvalue weighted by atomic mass is 16.7. The first-order valence-electron chi connectivity index (χ1n) is 12.7. The molecule has 8 nitrogen and oxygen atoms in total. The van der Waals surface area contributed by atoms with Gasteiger partial charge in [0.15, 0.2) is 0 Å². The minimum Gasteiger partial charge on any atom is -0.492 e. The standard InChI is InChI=1S/C27H36BN3O5/c1-26(2)27(3,4)36-28(35-26)23-6-5-7-24-22(23)18-31(29-24)19-25(32)20-8-10-21(11-9-20)34-17-14-30-12-15-33-16-13-30/h5-11,18,25,32H,12-17,19H2,1-4H3/t25-/m0/s1. The van der Waals surface area contributed by atoms with Crippen LogP contribution >= 0.6 is 0 Å². The first kappa shape index (κ1) is 25.2. The topological polar surface area (TPSA) is 78.2 Å². The fourth-order valence-corrected chi connectivity index (χ4v) is 4.57. The van der Waals surface area contributed by atoms with Crippen LogP contribution in [0.15, 0.2) is 48.7 Å². The highest BCUT2D eigenvalue weighted by Gasteiger charge is 2.52. The zero-order valence-corrected chi connectivity index (χ0v) is 21.6. The molecule has 0 radical (unpaired) electrons. The van der Waals surface area contributed by atoms with Gasteiger partial charge in [0.2, 0.25) is 0 Å². The number of aliphatic hydroxyl groups excluding tert-OH is 1. The van der Waals surface area contributed by atoms with Crippen molar-refractivity contribution in [2.24, 2.45) is 0 Å². The van der Waals surface area contributed by atoms with E-state index >= 15 is 0 Å². The van der Waals surface area contributed by atoms with E-state index in [0.717, 1.165) is 60.5 Å². The number of morpholine rings is 1. The van der Waals surface area contributed by atoms with Gasteiger partial charge in [0.1, 0.15) is 12.4 Å². The van der Waals surface area contributed by atoms with Crippen LogP contribution in [-0.2, 0) is 20.6 Å². The van der Waals surface area contributed by atoms with E-state index in [1.54, 1.807) is 4.68 Å². The summed E-state index contributed by atoms with van der Waals surface area (Å²) in [5, 5.41) is 16.5. The van der Waals surface area contributed by atoms with Crippen LogP contribution in [0.3, 0.4) is 0 Å². The second kappa shape index (κ2) is 10.1. The number of benzene rings is 2. The Morgan fingerprint density at radius 1 is 1.03 bits per heavy atom. The molecule has 2 saturated heterocycles. The van der Waals surface area contributed by atoms with Gasteiger partial charge in [-0.05, 0) is 56.9 Å². The van der Waals surface area contributed by atoms with Crippen molar-refractivity contribution in [3.05, 3.63) is 54.2 Å². The number of ether oxygens (including phenoxy) is 2. The molecule has 5 rings (SSSR count). The van der Waals surface area contributed by atoms with Gasteiger partial charge in [-0.25, -0.2) is 0 Å². The molecule has 2 aliphatic heterocycles. The van der Waals surface area contributed by atoms with Crippen LogP contribution in [0.2, 0.25) is 0 Å². The zero-order chi connectivity index (χ0) is 25.3. The molecule has 9 heteroatoms. The van der Waals surface area contributed by atoms with Gasteiger partial charge >= 0.3 is 7.12 Å². The molecule has 192 valence electrons. The van der Waals surface area contributed by atoms with Gasteiger partial charge in [0, 0.05) is 31.2 Å². The monoisotopic (exact) mass is 493 g/mol. The van der Waals surface area contributed by atoms with Crippen molar-refractivity contribution < 1.29 is 23.9 Å². The third kappa shape index (κ3) is 5.31. The molecule has 0 amide bonds. The van der Waals surface area contributed by atoms with Crippen molar-refractivity contribution in [1.82, 2.24) is 14.7 Å². The Morgan fingerprint density at radius 3 is 2.42 bits per heavy atom. The van der Waals surface area contributed by atoms with E-state index in [-0.39, 0.29) is 0 Å². The van der Waals surface area contributed by atoms with Crippen molar-refractivity contribution in [2.45, 2.75) is 51.5 Å². The van der Waals surface area contributed by atoms with Crippen LogP contribution in [0.1, 0.15) is 39.4 Å². The van der Waals surface area contributed by atoms with Gasteiger partial charge < -0.3 is 23.9 Å². The molecule has 0 spiro atoms. The van der Waals surface area contributed by atoms with E-state index in [4.69, 9.17) is 23.9 Å². The summed E-state index contributed by atoms with van der Waals surface area (Å²) >= 11 is 0. The summed E-state index contributed by atoms with van der Waals surface area (Å²) in [4.78, 5) is 2.34. The summed E-state index contributed by atoms with van der Waals surface area (Å²) in [5.74, 6) is 0.802. The van der Waals surface area contributed by atoms with Crippen molar-refractivity contribution in [3.63, 3.8) is 0 Å². The van der Waals surface area contributed by atoms with Crippen molar-refractivity contribution >= 4 is 23.5 Å². The average Bonchev–Trinajstić information content (AvgIpc) is 3.36. The lowest BCUT2D eigenvalue weighted by molar-refractivity contribution is 0.00578. The molecule has 3 aromatic rings. The van der Waals surface area contributed by atoms with E-state index in [9.17, 15) is 5.11 Å². The predicted octanol–water partition coefficient (Wildman–Crippen LogP) is 2.78. The fourth-order valence-electron chi connectivity index (χ4n) is 4.57. The Hall–Kier alpha value is -2.43. The van der Waals surface area contributed by atoms with Gasteiger partial charge in [-0.2, -0.15) is 5.10 Å². The Labute approximate surface area is 213 Å². The SMILES string of the molecule is CC1(C)OB(c2cccc3nn(C[C@H](O)c4ccc(OCCN5CCOCC5)cc4)cc23)OC1(C)C. The van der Waals surface area contributed by atoms with Gasteiger partial charge in [-0.15, -0.1) is 0 Å². The highest BCUT2D eigenvalue weighted by molar-refractivity contribution is 6.65.